The number of ether oxygens (including phenoxy) is 2. The first-order valence-corrected chi connectivity index (χ1v) is 9.73. The number of rotatable bonds is 5. The topological polar surface area (TPSA) is 63.3 Å². The summed E-state index contributed by atoms with van der Waals surface area (Å²) in [5, 5.41) is 0. The number of aliphatic imine (C=N–C) groups is 1. The lowest BCUT2D eigenvalue weighted by molar-refractivity contribution is -0.122. The Hall–Kier alpha value is -0.850. The summed E-state index contributed by atoms with van der Waals surface area (Å²) in [7, 11) is 0. The normalized spacial score (nSPS) is 33.1. The Morgan fingerprint density at radius 3 is 2.42 bits per heavy atom. The van der Waals surface area contributed by atoms with Gasteiger partial charge in [-0.1, -0.05) is 12.8 Å². The highest BCUT2D eigenvalue weighted by atomic mass is 16.5. The van der Waals surface area contributed by atoms with Crippen molar-refractivity contribution >= 4 is 5.96 Å². The van der Waals surface area contributed by atoms with Gasteiger partial charge in [-0.25, -0.2) is 0 Å². The van der Waals surface area contributed by atoms with Crippen LogP contribution in [0, 0.1) is 0 Å². The van der Waals surface area contributed by atoms with Crippen molar-refractivity contribution in [1.82, 2.24) is 9.80 Å². The molecule has 2 aliphatic heterocycles. The van der Waals surface area contributed by atoms with E-state index in [1.165, 1.54) is 25.7 Å². The Morgan fingerprint density at radius 1 is 1.12 bits per heavy atom. The molecule has 0 atom stereocenters. The summed E-state index contributed by atoms with van der Waals surface area (Å²) in [5.74, 6) is 0.740. The van der Waals surface area contributed by atoms with Gasteiger partial charge in [0, 0.05) is 38.3 Å². The summed E-state index contributed by atoms with van der Waals surface area (Å²) in [4.78, 5) is 9.67. The smallest absolute Gasteiger partial charge is 0.191 e. The highest BCUT2D eigenvalue weighted by molar-refractivity contribution is 5.78. The van der Waals surface area contributed by atoms with Gasteiger partial charge in [0.15, 0.2) is 5.96 Å². The molecule has 0 unspecified atom stereocenters. The lowest BCUT2D eigenvalue weighted by Crippen LogP contribution is -2.64. The van der Waals surface area contributed by atoms with Crippen LogP contribution in [0.4, 0.5) is 0 Å². The average molecular weight is 338 g/mol. The Balaban J connectivity index is 1.62. The number of nitrogens with zero attached hydrogens (tertiary/aromatic N) is 3. The van der Waals surface area contributed by atoms with Crippen LogP contribution in [0.1, 0.15) is 45.4 Å². The minimum absolute atomic E-state index is 0.125. The molecule has 0 aromatic carbocycles. The molecule has 0 aromatic heterocycles. The molecule has 3 fully saturated rings. The zero-order chi connectivity index (χ0) is 16.8. The minimum atomic E-state index is 0.125. The molecular weight excluding hydrogens is 304 g/mol. The number of likely N-dealkylation sites (tertiary alicyclic amines) is 1. The SMILES string of the molecule is CCOC1CC(CN=C(N)N2CCCCCC2)(N2CCOCC2)C1. The van der Waals surface area contributed by atoms with E-state index in [2.05, 4.69) is 16.7 Å². The van der Waals surface area contributed by atoms with Crippen LogP contribution in [-0.4, -0.2) is 79.9 Å². The first kappa shape index (κ1) is 18.0. The first-order chi connectivity index (χ1) is 11.7. The Labute approximate surface area is 146 Å². The Bertz CT molecular complexity index is 409. The summed E-state index contributed by atoms with van der Waals surface area (Å²) in [5.41, 5.74) is 6.45. The summed E-state index contributed by atoms with van der Waals surface area (Å²) in [6, 6.07) is 0. The monoisotopic (exact) mass is 338 g/mol. The second-order valence-electron chi connectivity index (χ2n) is 7.39. The van der Waals surface area contributed by atoms with Crippen LogP contribution < -0.4 is 5.73 Å². The van der Waals surface area contributed by atoms with Crippen molar-refractivity contribution in [2.75, 3.05) is 52.5 Å². The molecule has 2 heterocycles. The van der Waals surface area contributed by atoms with E-state index in [0.29, 0.717) is 6.10 Å². The molecule has 138 valence electrons. The molecule has 0 aromatic rings. The first-order valence-electron chi connectivity index (χ1n) is 9.73. The van der Waals surface area contributed by atoms with Gasteiger partial charge in [0.25, 0.3) is 0 Å². The zero-order valence-corrected chi connectivity index (χ0v) is 15.2. The van der Waals surface area contributed by atoms with Crippen LogP contribution in [0.25, 0.3) is 0 Å². The highest BCUT2D eigenvalue weighted by Gasteiger charge is 2.49. The van der Waals surface area contributed by atoms with Crippen molar-refractivity contribution in [3.8, 4) is 0 Å². The van der Waals surface area contributed by atoms with Crippen molar-refractivity contribution < 1.29 is 9.47 Å². The molecule has 3 rings (SSSR count). The summed E-state index contributed by atoms with van der Waals surface area (Å²) >= 11 is 0. The molecule has 2 N–H and O–H groups in total. The van der Waals surface area contributed by atoms with Crippen molar-refractivity contribution in [3.63, 3.8) is 0 Å². The second-order valence-corrected chi connectivity index (χ2v) is 7.39. The number of hydrogen-bond acceptors (Lipinski definition) is 4. The lowest BCUT2D eigenvalue weighted by Gasteiger charge is -2.54. The quantitative estimate of drug-likeness (QED) is 0.607. The number of hydrogen-bond donors (Lipinski definition) is 1. The molecule has 0 radical (unpaired) electrons. The highest BCUT2D eigenvalue weighted by Crippen LogP contribution is 2.40. The van der Waals surface area contributed by atoms with E-state index in [-0.39, 0.29) is 5.54 Å². The molecule has 6 heteroatoms. The fraction of sp³-hybridized carbons (Fsp3) is 0.944. The summed E-state index contributed by atoms with van der Waals surface area (Å²) in [6.45, 7) is 9.42. The third kappa shape index (κ3) is 4.21. The predicted octanol–water partition coefficient (Wildman–Crippen LogP) is 1.45. The molecule has 1 saturated carbocycles. The standard InChI is InChI=1S/C18H34N4O2/c1-2-24-16-13-18(14-16,22-9-11-23-12-10-22)15-20-17(19)21-7-5-3-4-6-8-21/h16H,2-15H2,1H3,(H2,19,20). The van der Waals surface area contributed by atoms with E-state index in [0.717, 1.165) is 71.3 Å². The summed E-state index contributed by atoms with van der Waals surface area (Å²) in [6.07, 6.45) is 7.62. The molecule has 0 spiro atoms. The number of guanidine groups is 1. The van der Waals surface area contributed by atoms with E-state index < -0.39 is 0 Å². The van der Waals surface area contributed by atoms with Gasteiger partial charge in [-0.2, -0.15) is 0 Å². The largest absolute Gasteiger partial charge is 0.379 e. The van der Waals surface area contributed by atoms with Crippen LogP contribution in [-0.2, 0) is 9.47 Å². The van der Waals surface area contributed by atoms with E-state index in [1.54, 1.807) is 0 Å². The molecule has 24 heavy (non-hydrogen) atoms. The maximum absolute atomic E-state index is 6.33. The van der Waals surface area contributed by atoms with E-state index in [4.69, 9.17) is 20.2 Å². The molecule has 0 amide bonds. The van der Waals surface area contributed by atoms with E-state index in [9.17, 15) is 0 Å². The Kier molecular flexibility index (Phi) is 6.36. The van der Waals surface area contributed by atoms with Gasteiger partial charge in [-0.3, -0.25) is 9.89 Å². The second kappa shape index (κ2) is 8.50. The summed E-state index contributed by atoms with van der Waals surface area (Å²) < 4.78 is 11.3. The van der Waals surface area contributed by atoms with Crippen LogP contribution in [0.5, 0.6) is 0 Å². The van der Waals surface area contributed by atoms with Crippen molar-refractivity contribution in [2.24, 2.45) is 10.7 Å². The van der Waals surface area contributed by atoms with E-state index in [1.807, 2.05) is 0 Å². The van der Waals surface area contributed by atoms with Gasteiger partial charge in [-0.05, 0) is 32.6 Å². The van der Waals surface area contributed by atoms with Gasteiger partial charge in [-0.15, -0.1) is 0 Å². The van der Waals surface area contributed by atoms with Crippen LogP contribution >= 0.6 is 0 Å². The van der Waals surface area contributed by atoms with Gasteiger partial charge in [0.05, 0.1) is 25.9 Å². The minimum Gasteiger partial charge on any atom is -0.379 e. The zero-order valence-electron chi connectivity index (χ0n) is 15.2. The molecule has 2 saturated heterocycles. The molecular formula is C18H34N4O2. The number of morpholine rings is 1. The van der Waals surface area contributed by atoms with Crippen LogP contribution in [0.2, 0.25) is 0 Å². The van der Waals surface area contributed by atoms with E-state index >= 15 is 0 Å². The molecule has 3 aliphatic rings. The van der Waals surface area contributed by atoms with Gasteiger partial charge >= 0.3 is 0 Å². The fourth-order valence-corrected chi connectivity index (χ4v) is 4.29. The van der Waals surface area contributed by atoms with Gasteiger partial charge in [0.1, 0.15) is 0 Å². The fourth-order valence-electron chi connectivity index (χ4n) is 4.29. The third-order valence-electron chi connectivity index (χ3n) is 5.76. The van der Waals surface area contributed by atoms with Crippen molar-refractivity contribution in [3.05, 3.63) is 0 Å². The third-order valence-corrected chi connectivity index (χ3v) is 5.76. The van der Waals surface area contributed by atoms with Crippen LogP contribution in [0.15, 0.2) is 4.99 Å². The van der Waals surface area contributed by atoms with Gasteiger partial charge in [0.2, 0.25) is 0 Å². The van der Waals surface area contributed by atoms with Gasteiger partial charge < -0.3 is 20.1 Å². The molecule has 6 nitrogen and oxygen atoms in total. The number of nitrogens with two attached hydrogens (primary N) is 1. The predicted molar refractivity (Wildman–Crippen MR) is 96.3 cm³/mol. The maximum atomic E-state index is 6.33. The molecule has 1 aliphatic carbocycles. The Morgan fingerprint density at radius 2 is 1.79 bits per heavy atom. The average Bonchev–Trinajstić information content (AvgIpc) is 2.87. The van der Waals surface area contributed by atoms with Crippen molar-refractivity contribution in [2.45, 2.75) is 57.1 Å². The van der Waals surface area contributed by atoms with Crippen LogP contribution in [0.3, 0.4) is 0 Å². The van der Waals surface area contributed by atoms with Crippen molar-refractivity contribution in [1.29, 1.82) is 0 Å². The lowest BCUT2D eigenvalue weighted by atomic mass is 9.72. The molecule has 0 bridgehead atoms. The maximum Gasteiger partial charge on any atom is 0.191 e.